The highest BCUT2D eigenvalue weighted by Crippen LogP contribution is 2.70. The molecular formula is C50H33N. The first-order valence-electron chi connectivity index (χ1n) is 18.1. The van der Waals surface area contributed by atoms with Gasteiger partial charge in [0.2, 0.25) is 0 Å². The van der Waals surface area contributed by atoms with E-state index in [-0.39, 0.29) is 10.8 Å². The molecule has 238 valence electrons. The van der Waals surface area contributed by atoms with Crippen molar-refractivity contribution < 1.29 is 0 Å². The van der Waals surface area contributed by atoms with E-state index in [0.29, 0.717) is 0 Å². The second kappa shape index (κ2) is 9.33. The van der Waals surface area contributed by atoms with Crippen LogP contribution in [-0.4, -0.2) is 0 Å². The number of rotatable bonds is 3. The van der Waals surface area contributed by atoms with Gasteiger partial charge in [-0.2, -0.15) is 0 Å². The van der Waals surface area contributed by atoms with Gasteiger partial charge in [0.05, 0.1) is 5.41 Å². The maximum absolute atomic E-state index is 2.52. The number of hydrogen-bond donors (Lipinski definition) is 0. The number of anilines is 3. The fraction of sp³-hybridized carbons (Fsp3) is 0.0800. The zero-order chi connectivity index (χ0) is 33.6. The van der Waals surface area contributed by atoms with Crippen LogP contribution in [0.25, 0.3) is 55.3 Å². The predicted molar refractivity (Wildman–Crippen MR) is 211 cm³/mol. The third kappa shape index (κ3) is 3.24. The van der Waals surface area contributed by atoms with E-state index in [1.165, 1.54) is 100 Å². The van der Waals surface area contributed by atoms with Gasteiger partial charge in [0.1, 0.15) is 0 Å². The molecule has 0 radical (unpaired) electrons. The van der Waals surface area contributed by atoms with Crippen LogP contribution < -0.4 is 4.90 Å². The van der Waals surface area contributed by atoms with E-state index in [1.807, 2.05) is 0 Å². The van der Waals surface area contributed by atoms with Crippen LogP contribution in [0.2, 0.25) is 0 Å². The highest BCUT2D eigenvalue weighted by molar-refractivity contribution is 6.06. The van der Waals surface area contributed by atoms with E-state index in [0.717, 1.165) is 5.69 Å². The molecule has 0 bridgehead atoms. The minimum Gasteiger partial charge on any atom is -0.310 e. The lowest BCUT2D eigenvalue weighted by atomic mass is 9.73. The van der Waals surface area contributed by atoms with Crippen molar-refractivity contribution in [3.63, 3.8) is 0 Å². The number of benzene rings is 8. The van der Waals surface area contributed by atoms with Crippen LogP contribution in [0.3, 0.4) is 0 Å². The van der Waals surface area contributed by atoms with E-state index in [4.69, 9.17) is 0 Å². The van der Waals surface area contributed by atoms with Gasteiger partial charge in [-0.15, -0.1) is 0 Å². The molecule has 0 saturated heterocycles. The smallest absolute Gasteiger partial charge is 0.0738 e. The monoisotopic (exact) mass is 647 g/mol. The van der Waals surface area contributed by atoms with Crippen LogP contribution in [0.15, 0.2) is 164 Å². The molecular weight excluding hydrogens is 615 g/mol. The summed E-state index contributed by atoms with van der Waals surface area (Å²) in [5, 5.41) is 2.49. The van der Waals surface area contributed by atoms with Gasteiger partial charge in [-0.25, -0.2) is 0 Å². The molecule has 8 aromatic rings. The van der Waals surface area contributed by atoms with Crippen molar-refractivity contribution in [2.45, 2.75) is 24.7 Å². The summed E-state index contributed by atoms with van der Waals surface area (Å²) in [6.45, 7) is 4.75. The van der Waals surface area contributed by atoms with Gasteiger partial charge in [-0.05, 0) is 125 Å². The molecule has 0 fully saturated rings. The van der Waals surface area contributed by atoms with Crippen molar-refractivity contribution in [2.24, 2.45) is 0 Å². The Kier molecular flexibility index (Phi) is 5.05. The zero-order valence-corrected chi connectivity index (χ0v) is 28.5. The van der Waals surface area contributed by atoms with Crippen molar-refractivity contribution in [3.8, 4) is 44.5 Å². The van der Waals surface area contributed by atoms with E-state index >= 15 is 0 Å². The molecule has 0 aromatic heterocycles. The van der Waals surface area contributed by atoms with Gasteiger partial charge < -0.3 is 4.90 Å². The predicted octanol–water partition coefficient (Wildman–Crippen LogP) is 12.9. The molecule has 4 aliphatic rings. The number of nitrogens with zero attached hydrogens (tertiary/aromatic N) is 1. The molecule has 0 N–H and O–H groups in total. The zero-order valence-electron chi connectivity index (χ0n) is 28.5. The molecule has 4 aliphatic carbocycles. The van der Waals surface area contributed by atoms with Crippen LogP contribution in [0.4, 0.5) is 17.1 Å². The van der Waals surface area contributed by atoms with Crippen LogP contribution in [-0.2, 0) is 10.8 Å². The highest BCUT2D eigenvalue weighted by Gasteiger charge is 2.57. The molecule has 0 saturated carbocycles. The van der Waals surface area contributed by atoms with E-state index in [9.17, 15) is 0 Å². The first-order chi connectivity index (χ1) is 25.0. The van der Waals surface area contributed by atoms with Crippen LogP contribution >= 0.6 is 0 Å². The van der Waals surface area contributed by atoms with Crippen LogP contribution in [0.5, 0.6) is 0 Å². The van der Waals surface area contributed by atoms with Crippen molar-refractivity contribution in [1.82, 2.24) is 0 Å². The minimum atomic E-state index is -0.323. The van der Waals surface area contributed by atoms with Crippen LogP contribution in [0, 0.1) is 0 Å². The van der Waals surface area contributed by atoms with Gasteiger partial charge >= 0.3 is 0 Å². The Bertz CT molecular complexity index is 2820. The van der Waals surface area contributed by atoms with Gasteiger partial charge in [0.15, 0.2) is 0 Å². The van der Waals surface area contributed by atoms with E-state index < -0.39 is 0 Å². The fourth-order valence-corrected chi connectivity index (χ4v) is 10.5. The van der Waals surface area contributed by atoms with Crippen molar-refractivity contribution >= 4 is 27.8 Å². The topological polar surface area (TPSA) is 3.24 Å². The summed E-state index contributed by atoms with van der Waals surface area (Å²) >= 11 is 0. The van der Waals surface area contributed by atoms with Gasteiger partial charge in [0.25, 0.3) is 0 Å². The lowest BCUT2D eigenvalue weighted by Gasteiger charge is -2.31. The summed E-state index contributed by atoms with van der Waals surface area (Å²) in [5.41, 5.74) is 22.5. The van der Waals surface area contributed by atoms with E-state index in [2.05, 4.69) is 183 Å². The van der Waals surface area contributed by atoms with Crippen molar-refractivity contribution in [2.75, 3.05) is 4.90 Å². The average molecular weight is 648 g/mol. The SMILES string of the molecule is CC1(C)c2ccccc2-c2ccc(N(c3ccc4c(c3)C35c6ccccc6-c6cccc(c63)-c3cccc-4c35)c3ccc4ccccc4c3)cc21. The summed E-state index contributed by atoms with van der Waals surface area (Å²) in [7, 11) is 0. The summed E-state index contributed by atoms with van der Waals surface area (Å²) in [6, 6.07) is 62.0. The molecule has 1 atom stereocenters. The Morgan fingerprint density at radius 1 is 0.333 bits per heavy atom. The quantitative estimate of drug-likeness (QED) is 0.184. The normalized spacial score (nSPS) is 17.1. The molecule has 1 unspecified atom stereocenters. The Balaban J connectivity index is 1.13. The first-order valence-corrected chi connectivity index (χ1v) is 18.1. The second-order valence-corrected chi connectivity index (χ2v) is 15.2. The third-order valence-electron chi connectivity index (χ3n) is 12.6. The molecule has 0 heterocycles. The van der Waals surface area contributed by atoms with Crippen molar-refractivity contribution in [1.29, 1.82) is 0 Å². The van der Waals surface area contributed by atoms with Crippen LogP contribution in [0.1, 0.15) is 47.2 Å². The Labute approximate surface area is 298 Å². The summed E-state index contributed by atoms with van der Waals surface area (Å²) < 4.78 is 0. The van der Waals surface area contributed by atoms with E-state index in [1.54, 1.807) is 0 Å². The first kappa shape index (κ1) is 27.6. The number of fused-ring (bicyclic) bond motifs is 9. The maximum Gasteiger partial charge on any atom is 0.0738 e. The summed E-state index contributed by atoms with van der Waals surface area (Å²) in [5.74, 6) is 0. The van der Waals surface area contributed by atoms with Gasteiger partial charge in [0, 0.05) is 22.5 Å². The fourth-order valence-electron chi connectivity index (χ4n) is 10.5. The van der Waals surface area contributed by atoms with Gasteiger partial charge in [-0.1, -0.05) is 141 Å². The summed E-state index contributed by atoms with van der Waals surface area (Å²) in [4.78, 5) is 2.50. The highest BCUT2D eigenvalue weighted by atomic mass is 15.1. The number of hydrogen-bond acceptors (Lipinski definition) is 1. The molecule has 1 nitrogen and oxygen atoms in total. The average Bonchev–Trinajstić information content (AvgIpc) is 3.83. The molecule has 1 spiro atoms. The lowest BCUT2D eigenvalue weighted by molar-refractivity contribution is 0.660. The van der Waals surface area contributed by atoms with Gasteiger partial charge in [-0.3, -0.25) is 0 Å². The van der Waals surface area contributed by atoms with Crippen molar-refractivity contribution in [3.05, 3.63) is 197 Å². The molecule has 12 rings (SSSR count). The largest absolute Gasteiger partial charge is 0.310 e. The summed E-state index contributed by atoms with van der Waals surface area (Å²) in [6.07, 6.45) is 0. The molecule has 1 heteroatoms. The molecule has 8 aromatic carbocycles. The molecule has 0 aliphatic heterocycles. The minimum absolute atomic E-state index is 0.0938. The Morgan fingerprint density at radius 3 is 1.47 bits per heavy atom. The standard InChI is InChI=1S/C50H33N/c1-49(2)43-19-7-5-13-35(43)37-25-23-33(28-45(37)49)51(32-22-21-30-11-3-4-12-31(30)27-32)34-24-26-38-40-16-10-18-42-41-17-9-15-39-36-14-6-8-20-44(36)50(47(39)41,48(40)42)46(38)29-34/h3-29H,1-2H3. The lowest BCUT2D eigenvalue weighted by Crippen LogP contribution is -2.23. The Morgan fingerprint density at radius 2 is 0.784 bits per heavy atom. The Hall–Kier alpha value is -6.18. The molecule has 0 amide bonds. The third-order valence-corrected chi connectivity index (χ3v) is 12.6. The second-order valence-electron chi connectivity index (χ2n) is 15.2. The molecule has 51 heavy (non-hydrogen) atoms. The maximum atomic E-state index is 2.52.